The van der Waals surface area contributed by atoms with Gasteiger partial charge in [-0.1, -0.05) is 18.6 Å². The average Bonchev–Trinajstić information content (AvgIpc) is 2.68. The minimum atomic E-state index is -0.676. The van der Waals surface area contributed by atoms with Crippen molar-refractivity contribution in [1.29, 1.82) is 0 Å². The molecule has 0 spiro atoms. The molecular weight excluding hydrogens is 357 g/mol. The Balaban J connectivity index is 1.72. The molecule has 1 aliphatic heterocycles. The third-order valence-corrected chi connectivity index (χ3v) is 6.13. The number of allylic oxidation sites excluding steroid dienone is 2. The first-order chi connectivity index (χ1) is 13.5. The Bertz CT molecular complexity index is 851. The van der Waals surface area contributed by atoms with Crippen LogP contribution >= 0.6 is 0 Å². The fraction of sp³-hybridized carbons (Fsp3) is 0.522. The van der Waals surface area contributed by atoms with E-state index in [1.807, 2.05) is 6.92 Å². The molecule has 0 N–H and O–H groups in total. The van der Waals surface area contributed by atoms with Gasteiger partial charge in [-0.3, -0.25) is 14.6 Å². The molecule has 2 aliphatic carbocycles. The second-order valence-electron chi connectivity index (χ2n) is 8.10. The van der Waals surface area contributed by atoms with E-state index in [0.29, 0.717) is 29.7 Å². The van der Waals surface area contributed by atoms with Crippen molar-refractivity contribution in [1.82, 2.24) is 0 Å². The lowest BCUT2D eigenvalue weighted by atomic mass is 9.71. The Morgan fingerprint density at radius 2 is 1.93 bits per heavy atom. The van der Waals surface area contributed by atoms with Gasteiger partial charge in [-0.25, -0.2) is 4.39 Å². The topological polar surface area (TPSA) is 55.7 Å². The smallest absolute Gasteiger partial charge is 0.315 e. The number of ketones is 1. The van der Waals surface area contributed by atoms with Crippen molar-refractivity contribution in [3.8, 4) is 0 Å². The third-order valence-electron chi connectivity index (χ3n) is 6.13. The van der Waals surface area contributed by atoms with E-state index in [4.69, 9.17) is 4.74 Å². The van der Waals surface area contributed by atoms with Gasteiger partial charge >= 0.3 is 5.97 Å². The van der Waals surface area contributed by atoms with Crippen molar-refractivity contribution in [3.05, 3.63) is 46.9 Å². The van der Waals surface area contributed by atoms with Gasteiger partial charge in [-0.2, -0.15) is 0 Å². The molecule has 148 valence electrons. The largest absolute Gasteiger partial charge is 0.462 e. The molecule has 5 heteroatoms. The maximum Gasteiger partial charge on any atom is 0.315 e. The van der Waals surface area contributed by atoms with Crippen LogP contribution in [0.25, 0.3) is 0 Å². The number of carbonyl (C=O) groups excluding carboxylic acids is 2. The number of hydrogen-bond acceptors (Lipinski definition) is 4. The van der Waals surface area contributed by atoms with Gasteiger partial charge in [0.2, 0.25) is 0 Å². The van der Waals surface area contributed by atoms with Crippen molar-refractivity contribution in [3.63, 3.8) is 0 Å². The first kappa shape index (κ1) is 19.0. The van der Waals surface area contributed by atoms with Crippen molar-refractivity contribution < 1.29 is 18.7 Å². The zero-order valence-electron chi connectivity index (χ0n) is 16.2. The summed E-state index contributed by atoms with van der Waals surface area (Å²) in [4.78, 5) is 30.6. The Hall–Kier alpha value is -2.30. The highest BCUT2D eigenvalue weighted by Crippen LogP contribution is 2.44. The normalized spacial score (nSPS) is 25.9. The van der Waals surface area contributed by atoms with E-state index in [0.717, 1.165) is 37.8 Å². The highest BCUT2D eigenvalue weighted by atomic mass is 19.1. The van der Waals surface area contributed by atoms with E-state index >= 15 is 0 Å². The second-order valence-corrected chi connectivity index (χ2v) is 8.10. The Morgan fingerprint density at radius 3 is 2.68 bits per heavy atom. The van der Waals surface area contributed by atoms with Gasteiger partial charge in [-0.15, -0.1) is 0 Å². The molecule has 4 nitrogen and oxygen atoms in total. The minimum absolute atomic E-state index is 0.0160. The molecule has 28 heavy (non-hydrogen) atoms. The molecular formula is C23H26FNO3. The molecule has 0 amide bonds. The summed E-state index contributed by atoms with van der Waals surface area (Å²) in [5.74, 6) is -1.89. The number of halogens is 1. The van der Waals surface area contributed by atoms with Crippen LogP contribution in [-0.2, 0) is 14.3 Å². The fourth-order valence-corrected chi connectivity index (χ4v) is 4.79. The monoisotopic (exact) mass is 383 g/mol. The van der Waals surface area contributed by atoms with Crippen LogP contribution < -0.4 is 0 Å². The number of hydrogen-bond donors (Lipinski definition) is 0. The molecule has 1 heterocycles. The molecule has 1 aromatic rings. The fourth-order valence-electron chi connectivity index (χ4n) is 4.79. The number of rotatable bonds is 3. The second kappa shape index (κ2) is 7.98. The molecule has 0 radical (unpaired) electrons. The number of nitrogens with zero attached hydrogens (tertiary/aromatic N) is 1. The number of esters is 1. The predicted molar refractivity (Wildman–Crippen MR) is 105 cm³/mol. The number of Topliss-reactive ketones (excluding diaryl/α,β-unsaturated/α-hetero) is 1. The minimum Gasteiger partial charge on any atom is -0.462 e. The highest BCUT2D eigenvalue weighted by Gasteiger charge is 2.43. The van der Waals surface area contributed by atoms with Gasteiger partial charge in [0, 0.05) is 29.3 Å². The maximum absolute atomic E-state index is 14.0. The summed E-state index contributed by atoms with van der Waals surface area (Å²) < 4.78 is 19.8. The van der Waals surface area contributed by atoms with Gasteiger partial charge < -0.3 is 4.74 Å². The molecule has 1 fully saturated rings. The number of carbonyl (C=O) groups is 2. The van der Waals surface area contributed by atoms with Crippen LogP contribution in [0.4, 0.5) is 4.39 Å². The average molecular weight is 383 g/mol. The number of ether oxygens (including phenoxy) is 1. The molecule has 4 rings (SSSR count). The predicted octanol–water partition coefficient (Wildman–Crippen LogP) is 4.88. The van der Waals surface area contributed by atoms with Crippen molar-refractivity contribution in [2.75, 3.05) is 0 Å². The molecule has 2 atom stereocenters. The van der Waals surface area contributed by atoms with E-state index in [9.17, 15) is 14.0 Å². The van der Waals surface area contributed by atoms with Crippen LogP contribution in [0.15, 0.2) is 40.5 Å². The molecule has 1 unspecified atom stereocenters. The van der Waals surface area contributed by atoms with E-state index in [-0.39, 0.29) is 23.7 Å². The van der Waals surface area contributed by atoms with E-state index in [1.165, 1.54) is 18.6 Å². The summed E-state index contributed by atoms with van der Waals surface area (Å²) in [7, 11) is 0. The molecule has 1 aromatic carbocycles. The summed E-state index contributed by atoms with van der Waals surface area (Å²) in [6.45, 7) is 1.82. The standard InChI is InChI=1S/C23H26FNO3/c1-14-20(23(27)28-17-9-3-2-4-10-17)21(15-7-5-8-16(24)13-15)22-18(25-14)11-6-12-19(22)26/h5,7-8,13,17,20-21H,2-4,6,9-12H2,1H3/t20?,21-/m0/s1. The van der Waals surface area contributed by atoms with E-state index in [2.05, 4.69) is 4.99 Å². The van der Waals surface area contributed by atoms with Gasteiger partial charge in [0.25, 0.3) is 0 Å². The molecule has 0 bridgehead atoms. The van der Waals surface area contributed by atoms with Crippen LogP contribution in [0, 0.1) is 11.7 Å². The van der Waals surface area contributed by atoms with Crippen LogP contribution in [0.3, 0.4) is 0 Å². The SMILES string of the molecule is CC1=NC2=C(C(=O)CCC2)[C@@H](c2cccc(F)c2)C1C(=O)OC1CCCCC1. The van der Waals surface area contributed by atoms with E-state index < -0.39 is 11.8 Å². The summed E-state index contributed by atoms with van der Waals surface area (Å²) in [5.41, 5.74) is 2.63. The first-order valence-electron chi connectivity index (χ1n) is 10.3. The first-order valence-corrected chi connectivity index (χ1v) is 10.3. The van der Waals surface area contributed by atoms with Crippen LogP contribution in [-0.4, -0.2) is 23.6 Å². The van der Waals surface area contributed by atoms with E-state index in [1.54, 1.807) is 12.1 Å². The van der Waals surface area contributed by atoms with Crippen molar-refractivity contribution in [2.45, 2.75) is 70.3 Å². The zero-order valence-corrected chi connectivity index (χ0v) is 16.2. The van der Waals surface area contributed by atoms with Gasteiger partial charge in [0.1, 0.15) is 17.8 Å². The summed E-state index contributed by atoms with van der Waals surface area (Å²) in [6, 6.07) is 6.22. The maximum atomic E-state index is 14.0. The molecule has 1 saturated carbocycles. The molecule has 0 aromatic heterocycles. The lowest BCUT2D eigenvalue weighted by Crippen LogP contribution is -2.38. The lowest BCUT2D eigenvalue weighted by molar-refractivity contribution is -0.153. The lowest BCUT2D eigenvalue weighted by Gasteiger charge is -2.35. The number of aliphatic imine (C=N–C) groups is 1. The van der Waals surface area contributed by atoms with Crippen molar-refractivity contribution in [2.24, 2.45) is 10.9 Å². The van der Waals surface area contributed by atoms with Crippen LogP contribution in [0.1, 0.15) is 69.8 Å². The van der Waals surface area contributed by atoms with Gasteiger partial charge in [0.15, 0.2) is 5.78 Å². The summed E-state index contributed by atoms with van der Waals surface area (Å²) in [6.07, 6.45) is 6.93. The Morgan fingerprint density at radius 1 is 1.14 bits per heavy atom. The summed E-state index contributed by atoms with van der Waals surface area (Å²) in [5, 5.41) is 0. The third kappa shape index (κ3) is 3.67. The highest BCUT2D eigenvalue weighted by molar-refractivity contribution is 6.08. The zero-order chi connectivity index (χ0) is 19.7. The molecule has 0 saturated heterocycles. The quantitative estimate of drug-likeness (QED) is 0.699. The Labute approximate surface area is 164 Å². The van der Waals surface area contributed by atoms with Gasteiger partial charge in [-0.05, 0) is 63.1 Å². The number of benzene rings is 1. The van der Waals surface area contributed by atoms with Crippen LogP contribution in [0.2, 0.25) is 0 Å². The summed E-state index contributed by atoms with van der Waals surface area (Å²) >= 11 is 0. The van der Waals surface area contributed by atoms with Crippen LogP contribution in [0.5, 0.6) is 0 Å². The van der Waals surface area contributed by atoms with Crippen molar-refractivity contribution >= 4 is 17.5 Å². The van der Waals surface area contributed by atoms with Gasteiger partial charge in [0.05, 0.1) is 0 Å². The molecule has 3 aliphatic rings. The Kier molecular flexibility index (Phi) is 5.42.